The first kappa shape index (κ1) is 12.8. The second-order valence-corrected chi connectivity index (χ2v) is 4.73. The van der Waals surface area contributed by atoms with Crippen LogP contribution in [0.25, 0.3) is 0 Å². The quantitative estimate of drug-likeness (QED) is 0.810. The van der Waals surface area contributed by atoms with Crippen LogP contribution in [0.4, 0.5) is 0 Å². The molecule has 0 saturated heterocycles. The highest BCUT2D eigenvalue weighted by Crippen LogP contribution is 2.19. The number of carbonyl (C=O) groups excluding carboxylic acids is 1. The van der Waals surface area contributed by atoms with Gasteiger partial charge in [0.25, 0.3) is 0 Å². The van der Waals surface area contributed by atoms with Gasteiger partial charge in [-0.25, -0.2) is 0 Å². The Bertz CT molecular complexity index is 330. The molecule has 0 bridgehead atoms. The molecule has 2 heteroatoms. The van der Waals surface area contributed by atoms with Gasteiger partial charge >= 0.3 is 0 Å². The van der Waals surface area contributed by atoms with Crippen LogP contribution in [0.5, 0.6) is 0 Å². The molecule has 1 rings (SSSR count). The first-order valence-corrected chi connectivity index (χ1v) is 5.88. The van der Waals surface area contributed by atoms with Crippen molar-refractivity contribution in [3.63, 3.8) is 0 Å². The largest absolute Gasteiger partial charge is 0.355 e. The summed E-state index contributed by atoms with van der Waals surface area (Å²) in [6, 6.07) is 10.2. The molecule has 0 atom stereocenters. The molecule has 1 aromatic rings. The number of rotatable bonds is 5. The van der Waals surface area contributed by atoms with Crippen LogP contribution in [0.15, 0.2) is 30.3 Å². The molecule has 0 spiro atoms. The summed E-state index contributed by atoms with van der Waals surface area (Å²) in [6.07, 6.45) is 1.76. The lowest BCUT2D eigenvalue weighted by Gasteiger charge is -2.21. The standard InChI is InChI=1S/C14H21NO/c1-4-14(2,3)13(16)15-11-10-12-8-6-5-7-9-12/h5-9H,4,10-11H2,1-3H3,(H,15,16). The summed E-state index contributed by atoms with van der Waals surface area (Å²) in [4.78, 5) is 11.8. The molecule has 0 aliphatic heterocycles. The lowest BCUT2D eigenvalue weighted by atomic mass is 9.89. The molecule has 0 aromatic heterocycles. The minimum Gasteiger partial charge on any atom is -0.355 e. The molecule has 16 heavy (non-hydrogen) atoms. The van der Waals surface area contributed by atoms with E-state index in [1.807, 2.05) is 39.0 Å². The van der Waals surface area contributed by atoms with E-state index in [1.165, 1.54) is 5.56 Å². The molecule has 0 aliphatic carbocycles. The second-order valence-electron chi connectivity index (χ2n) is 4.73. The Balaban J connectivity index is 2.34. The zero-order chi connectivity index (χ0) is 12.0. The highest BCUT2D eigenvalue weighted by molar-refractivity contribution is 5.81. The van der Waals surface area contributed by atoms with Crippen molar-refractivity contribution in [1.29, 1.82) is 0 Å². The number of hydrogen-bond acceptors (Lipinski definition) is 1. The number of nitrogens with one attached hydrogen (secondary N) is 1. The van der Waals surface area contributed by atoms with E-state index >= 15 is 0 Å². The summed E-state index contributed by atoms with van der Waals surface area (Å²) in [5.74, 6) is 0.144. The van der Waals surface area contributed by atoms with Gasteiger partial charge in [-0.1, -0.05) is 51.1 Å². The fourth-order valence-electron chi connectivity index (χ4n) is 1.36. The average Bonchev–Trinajstić information content (AvgIpc) is 2.30. The molecule has 0 unspecified atom stereocenters. The Kier molecular flexibility index (Phi) is 4.53. The zero-order valence-electron chi connectivity index (χ0n) is 10.4. The Morgan fingerprint density at radius 1 is 1.25 bits per heavy atom. The predicted octanol–water partition coefficient (Wildman–Crippen LogP) is 2.78. The monoisotopic (exact) mass is 219 g/mol. The molecule has 0 radical (unpaired) electrons. The van der Waals surface area contributed by atoms with Crippen molar-refractivity contribution in [2.45, 2.75) is 33.6 Å². The van der Waals surface area contributed by atoms with Crippen LogP contribution in [0.1, 0.15) is 32.8 Å². The van der Waals surface area contributed by atoms with Crippen LogP contribution in [0.2, 0.25) is 0 Å². The van der Waals surface area contributed by atoms with Gasteiger partial charge in [0.05, 0.1) is 0 Å². The Morgan fingerprint density at radius 2 is 1.88 bits per heavy atom. The van der Waals surface area contributed by atoms with Crippen LogP contribution >= 0.6 is 0 Å². The third-order valence-electron chi connectivity index (χ3n) is 3.04. The number of benzene rings is 1. The van der Waals surface area contributed by atoms with Gasteiger partial charge in [0.1, 0.15) is 0 Å². The molecule has 0 saturated carbocycles. The maximum Gasteiger partial charge on any atom is 0.225 e. The van der Waals surface area contributed by atoms with E-state index in [4.69, 9.17) is 0 Å². The highest BCUT2D eigenvalue weighted by atomic mass is 16.2. The van der Waals surface area contributed by atoms with Gasteiger partial charge < -0.3 is 5.32 Å². The first-order valence-electron chi connectivity index (χ1n) is 5.88. The minimum absolute atomic E-state index is 0.144. The first-order chi connectivity index (χ1) is 7.56. The lowest BCUT2D eigenvalue weighted by molar-refractivity contribution is -0.129. The smallest absolute Gasteiger partial charge is 0.225 e. The molecule has 88 valence electrons. The van der Waals surface area contributed by atoms with Crippen molar-refractivity contribution in [3.8, 4) is 0 Å². The fraction of sp³-hybridized carbons (Fsp3) is 0.500. The maximum absolute atomic E-state index is 11.8. The Morgan fingerprint density at radius 3 is 2.44 bits per heavy atom. The Hall–Kier alpha value is -1.31. The van der Waals surface area contributed by atoms with Crippen molar-refractivity contribution >= 4 is 5.91 Å². The summed E-state index contributed by atoms with van der Waals surface area (Å²) >= 11 is 0. The summed E-state index contributed by atoms with van der Waals surface area (Å²) in [7, 11) is 0. The maximum atomic E-state index is 11.8. The summed E-state index contributed by atoms with van der Waals surface area (Å²) < 4.78 is 0. The van der Waals surface area contributed by atoms with Gasteiger partial charge in [-0.3, -0.25) is 4.79 Å². The van der Waals surface area contributed by atoms with Crippen LogP contribution in [-0.4, -0.2) is 12.5 Å². The van der Waals surface area contributed by atoms with Gasteiger partial charge in [0, 0.05) is 12.0 Å². The fourth-order valence-corrected chi connectivity index (χ4v) is 1.36. The molecule has 1 amide bonds. The van der Waals surface area contributed by atoms with Crippen molar-refractivity contribution in [3.05, 3.63) is 35.9 Å². The molecule has 1 aromatic carbocycles. The van der Waals surface area contributed by atoms with E-state index in [9.17, 15) is 4.79 Å². The molecule has 2 nitrogen and oxygen atoms in total. The second kappa shape index (κ2) is 5.69. The van der Waals surface area contributed by atoms with Gasteiger partial charge in [-0.15, -0.1) is 0 Å². The predicted molar refractivity (Wildman–Crippen MR) is 67.2 cm³/mol. The molecule has 0 heterocycles. The van der Waals surface area contributed by atoms with E-state index in [1.54, 1.807) is 0 Å². The Labute approximate surface area is 98.1 Å². The van der Waals surface area contributed by atoms with Crippen molar-refractivity contribution in [1.82, 2.24) is 5.32 Å². The minimum atomic E-state index is -0.253. The van der Waals surface area contributed by atoms with Crippen LogP contribution in [-0.2, 0) is 11.2 Å². The normalized spacial score (nSPS) is 11.2. The van der Waals surface area contributed by atoms with Gasteiger partial charge in [-0.05, 0) is 18.4 Å². The molecular weight excluding hydrogens is 198 g/mol. The summed E-state index contributed by atoms with van der Waals surface area (Å²) in [5, 5.41) is 2.98. The molecular formula is C14H21NO. The van der Waals surface area contributed by atoms with E-state index < -0.39 is 0 Å². The van der Waals surface area contributed by atoms with Crippen molar-refractivity contribution in [2.75, 3.05) is 6.54 Å². The van der Waals surface area contributed by atoms with Crippen LogP contribution < -0.4 is 5.32 Å². The topological polar surface area (TPSA) is 29.1 Å². The third-order valence-corrected chi connectivity index (χ3v) is 3.04. The van der Waals surface area contributed by atoms with E-state index in [-0.39, 0.29) is 11.3 Å². The van der Waals surface area contributed by atoms with Gasteiger partial charge in [0.2, 0.25) is 5.91 Å². The van der Waals surface area contributed by atoms with Crippen molar-refractivity contribution in [2.24, 2.45) is 5.41 Å². The van der Waals surface area contributed by atoms with E-state index in [2.05, 4.69) is 17.4 Å². The summed E-state index contributed by atoms with van der Waals surface area (Å²) in [6.45, 7) is 6.71. The average molecular weight is 219 g/mol. The molecule has 0 fully saturated rings. The lowest BCUT2D eigenvalue weighted by Crippen LogP contribution is -2.37. The van der Waals surface area contributed by atoms with Gasteiger partial charge in [0.15, 0.2) is 0 Å². The van der Waals surface area contributed by atoms with Gasteiger partial charge in [-0.2, -0.15) is 0 Å². The highest BCUT2D eigenvalue weighted by Gasteiger charge is 2.24. The summed E-state index contributed by atoms with van der Waals surface area (Å²) in [5.41, 5.74) is 1.01. The van der Waals surface area contributed by atoms with E-state index in [0.29, 0.717) is 6.54 Å². The van der Waals surface area contributed by atoms with Crippen LogP contribution in [0, 0.1) is 5.41 Å². The SMILES string of the molecule is CCC(C)(C)C(=O)NCCc1ccccc1. The zero-order valence-corrected chi connectivity index (χ0v) is 10.4. The number of carbonyl (C=O) groups is 1. The van der Waals surface area contributed by atoms with Crippen LogP contribution in [0.3, 0.4) is 0 Å². The molecule has 0 aliphatic rings. The van der Waals surface area contributed by atoms with Crippen molar-refractivity contribution < 1.29 is 4.79 Å². The van der Waals surface area contributed by atoms with E-state index in [0.717, 1.165) is 12.8 Å². The molecule has 1 N–H and O–H groups in total. The third kappa shape index (κ3) is 3.69. The number of hydrogen-bond donors (Lipinski definition) is 1. The number of amides is 1.